The zero-order chi connectivity index (χ0) is 17.4. The van der Waals surface area contributed by atoms with E-state index in [2.05, 4.69) is 11.1 Å². The van der Waals surface area contributed by atoms with Crippen molar-refractivity contribution >= 4 is 23.1 Å². The van der Waals surface area contributed by atoms with Crippen molar-refractivity contribution in [1.82, 2.24) is 4.98 Å². The number of rotatable bonds is 3. The number of nitrogens with one attached hydrogen (secondary N) is 1. The summed E-state index contributed by atoms with van der Waals surface area (Å²) in [6.07, 6.45) is 6.69. The van der Waals surface area contributed by atoms with Crippen molar-refractivity contribution in [3.8, 4) is 0 Å². The number of aromatic nitrogens is 1. The highest BCUT2D eigenvalue weighted by molar-refractivity contribution is 7.10. The summed E-state index contributed by atoms with van der Waals surface area (Å²) >= 11 is 1.69. The molecule has 2 heterocycles. The molecular formula is C20H23NO3S. The summed E-state index contributed by atoms with van der Waals surface area (Å²) in [4.78, 5) is 29.7. The van der Waals surface area contributed by atoms with Gasteiger partial charge in [0.2, 0.25) is 0 Å². The molecule has 0 bridgehead atoms. The minimum atomic E-state index is -0.306. The van der Waals surface area contributed by atoms with Crippen molar-refractivity contribution in [3.05, 3.63) is 44.9 Å². The van der Waals surface area contributed by atoms with Crippen molar-refractivity contribution in [1.29, 1.82) is 0 Å². The SMILES string of the molecule is Cc1c(C(=O)OC2CCCCC2)[nH]c2c1C(=O)C[C@H](c1cccs1)C2. The minimum absolute atomic E-state index is 0.0237. The number of aromatic amines is 1. The third kappa shape index (κ3) is 3.17. The summed E-state index contributed by atoms with van der Waals surface area (Å²) in [7, 11) is 0. The van der Waals surface area contributed by atoms with Crippen LogP contribution in [0.25, 0.3) is 0 Å². The van der Waals surface area contributed by atoms with Gasteiger partial charge in [0.25, 0.3) is 0 Å². The van der Waals surface area contributed by atoms with Crippen LogP contribution in [0.2, 0.25) is 0 Å². The van der Waals surface area contributed by atoms with Gasteiger partial charge in [0, 0.05) is 28.5 Å². The number of H-pyrrole nitrogens is 1. The Hall–Kier alpha value is -1.88. The van der Waals surface area contributed by atoms with E-state index in [1.54, 1.807) is 11.3 Å². The Morgan fingerprint density at radius 1 is 1.24 bits per heavy atom. The van der Waals surface area contributed by atoms with Crippen molar-refractivity contribution in [2.24, 2.45) is 0 Å². The number of esters is 1. The number of ketones is 1. The van der Waals surface area contributed by atoms with Gasteiger partial charge in [-0.05, 0) is 56.0 Å². The number of carbonyl (C=O) groups excluding carboxylic acids is 2. The molecule has 0 aromatic carbocycles. The molecule has 1 N–H and O–H groups in total. The lowest BCUT2D eigenvalue weighted by Gasteiger charge is -2.21. The van der Waals surface area contributed by atoms with Crippen LogP contribution in [0.5, 0.6) is 0 Å². The van der Waals surface area contributed by atoms with Gasteiger partial charge in [0.1, 0.15) is 11.8 Å². The van der Waals surface area contributed by atoms with Crippen LogP contribution in [-0.2, 0) is 11.2 Å². The van der Waals surface area contributed by atoms with Gasteiger partial charge in [0.15, 0.2) is 5.78 Å². The molecule has 1 saturated carbocycles. The molecule has 0 amide bonds. The maximum Gasteiger partial charge on any atom is 0.355 e. The van der Waals surface area contributed by atoms with Gasteiger partial charge < -0.3 is 9.72 Å². The molecule has 25 heavy (non-hydrogen) atoms. The lowest BCUT2D eigenvalue weighted by molar-refractivity contribution is 0.0204. The first-order valence-electron chi connectivity index (χ1n) is 9.12. The number of hydrogen-bond donors (Lipinski definition) is 1. The van der Waals surface area contributed by atoms with E-state index in [1.807, 2.05) is 18.4 Å². The molecule has 1 atom stereocenters. The molecule has 132 valence electrons. The molecule has 2 aliphatic carbocycles. The topological polar surface area (TPSA) is 59.2 Å². The maximum atomic E-state index is 12.7. The van der Waals surface area contributed by atoms with E-state index in [-0.39, 0.29) is 23.8 Å². The Morgan fingerprint density at radius 2 is 2.04 bits per heavy atom. The second kappa shape index (κ2) is 6.79. The molecule has 0 unspecified atom stereocenters. The highest BCUT2D eigenvalue weighted by Crippen LogP contribution is 2.37. The molecule has 2 aliphatic rings. The Balaban J connectivity index is 1.56. The zero-order valence-electron chi connectivity index (χ0n) is 14.5. The largest absolute Gasteiger partial charge is 0.458 e. The third-order valence-corrected chi connectivity index (χ3v) is 6.50. The fourth-order valence-electron chi connectivity index (χ4n) is 4.16. The normalized spacial score (nSPS) is 21.2. The molecule has 4 nitrogen and oxygen atoms in total. The van der Waals surface area contributed by atoms with Gasteiger partial charge >= 0.3 is 5.97 Å². The van der Waals surface area contributed by atoms with E-state index < -0.39 is 0 Å². The van der Waals surface area contributed by atoms with E-state index in [4.69, 9.17) is 4.74 Å². The van der Waals surface area contributed by atoms with Crippen LogP contribution >= 0.6 is 11.3 Å². The van der Waals surface area contributed by atoms with Crippen molar-refractivity contribution in [2.45, 2.75) is 63.9 Å². The molecule has 1 fully saturated rings. The Kier molecular flexibility index (Phi) is 4.50. The first kappa shape index (κ1) is 16.6. The minimum Gasteiger partial charge on any atom is -0.458 e. The highest BCUT2D eigenvalue weighted by Gasteiger charge is 2.33. The van der Waals surface area contributed by atoms with Crippen molar-refractivity contribution in [2.75, 3.05) is 0 Å². The summed E-state index contributed by atoms with van der Waals surface area (Å²) in [5.74, 6) is 0.0321. The first-order chi connectivity index (χ1) is 12.1. The van der Waals surface area contributed by atoms with E-state index >= 15 is 0 Å². The highest BCUT2D eigenvalue weighted by atomic mass is 32.1. The lowest BCUT2D eigenvalue weighted by atomic mass is 9.84. The van der Waals surface area contributed by atoms with Gasteiger partial charge in [0.05, 0.1) is 0 Å². The van der Waals surface area contributed by atoms with Crippen LogP contribution in [0.15, 0.2) is 17.5 Å². The van der Waals surface area contributed by atoms with Gasteiger partial charge in [-0.15, -0.1) is 11.3 Å². The smallest absolute Gasteiger partial charge is 0.355 e. The number of carbonyl (C=O) groups is 2. The standard InChI is InChI=1S/C20H23NO3S/c1-12-18-15(10-13(11-16(18)22)17-8-5-9-25-17)21-19(12)20(23)24-14-6-3-2-4-7-14/h5,8-9,13-14,21H,2-4,6-7,10-11H2,1H3/t13-/m1/s1. The summed E-state index contributed by atoms with van der Waals surface area (Å²) in [6.45, 7) is 1.86. The second-order valence-electron chi connectivity index (χ2n) is 7.19. The first-order valence-corrected chi connectivity index (χ1v) is 10.0. The second-order valence-corrected chi connectivity index (χ2v) is 8.17. The average molecular weight is 357 g/mol. The molecule has 0 aliphatic heterocycles. The predicted octanol–water partition coefficient (Wildman–Crippen LogP) is 4.79. The predicted molar refractivity (Wildman–Crippen MR) is 97.5 cm³/mol. The monoisotopic (exact) mass is 357 g/mol. The van der Waals surface area contributed by atoms with Gasteiger partial charge in [-0.3, -0.25) is 4.79 Å². The molecule has 2 aromatic heterocycles. The van der Waals surface area contributed by atoms with Crippen LogP contribution in [0.4, 0.5) is 0 Å². The maximum absolute atomic E-state index is 12.7. The van der Waals surface area contributed by atoms with Crippen LogP contribution in [0.3, 0.4) is 0 Å². The fraction of sp³-hybridized carbons (Fsp3) is 0.500. The van der Waals surface area contributed by atoms with Crippen LogP contribution in [0, 0.1) is 6.92 Å². The average Bonchev–Trinajstić information content (AvgIpc) is 3.24. The van der Waals surface area contributed by atoms with E-state index in [0.29, 0.717) is 17.7 Å². The van der Waals surface area contributed by atoms with E-state index in [0.717, 1.165) is 43.4 Å². The quantitative estimate of drug-likeness (QED) is 0.804. The number of ether oxygens (including phenoxy) is 1. The Bertz CT molecular complexity index is 784. The molecule has 5 heteroatoms. The Morgan fingerprint density at radius 3 is 2.76 bits per heavy atom. The van der Waals surface area contributed by atoms with Crippen molar-refractivity contribution in [3.63, 3.8) is 0 Å². The molecular weight excluding hydrogens is 334 g/mol. The summed E-state index contributed by atoms with van der Waals surface area (Å²) in [5.41, 5.74) is 2.83. The Labute approximate surface area is 151 Å². The van der Waals surface area contributed by atoms with Gasteiger partial charge in [-0.1, -0.05) is 12.5 Å². The van der Waals surface area contributed by atoms with Crippen LogP contribution < -0.4 is 0 Å². The lowest BCUT2D eigenvalue weighted by Crippen LogP contribution is -2.21. The third-order valence-electron chi connectivity index (χ3n) is 5.46. The zero-order valence-corrected chi connectivity index (χ0v) is 15.3. The number of hydrogen-bond acceptors (Lipinski definition) is 4. The number of thiophene rings is 1. The molecule has 2 aromatic rings. The van der Waals surface area contributed by atoms with E-state index in [1.165, 1.54) is 11.3 Å². The molecule has 4 rings (SSSR count). The summed E-state index contributed by atoms with van der Waals surface area (Å²) in [6, 6.07) is 4.11. The summed E-state index contributed by atoms with van der Waals surface area (Å²) in [5, 5.41) is 2.04. The van der Waals surface area contributed by atoms with E-state index in [9.17, 15) is 9.59 Å². The van der Waals surface area contributed by atoms with Gasteiger partial charge in [-0.2, -0.15) is 0 Å². The van der Waals surface area contributed by atoms with Gasteiger partial charge in [-0.25, -0.2) is 4.79 Å². The number of Topliss-reactive ketones (excluding diaryl/α,β-unsaturated/α-hetero) is 1. The van der Waals surface area contributed by atoms with Crippen molar-refractivity contribution < 1.29 is 14.3 Å². The fourth-order valence-corrected chi connectivity index (χ4v) is 4.99. The molecule has 0 radical (unpaired) electrons. The molecule has 0 saturated heterocycles. The molecule has 0 spiro atoms. The van der Waals surface area contributed by atoms with Crippen LogP contribution in [-0.4, -0.2) is 22.8 Å². The number of fused-ring (bicyclic) bond motifs is 1. The summed E-state index contributed by atoms with van der Waals surface area (Å²) < 4.78 is 5.69. The van der Waals surface area contributed by atoms with Crippen LogP contribution in [0.1, 0.15) is 81.4 Å².